The fourth-order valence-electron chi connectivity index (χ4n) is 3.81. The minimum Gasteiger partial charge on any atom is -0.481 e. The normalized spacial score (nSPS) is 14.7. The summed E-state index contributed by atoms with van der Waals surface area (Å²) in [7, 11) is 1.28. The maximum atomic E-state index is 15.1. The van der Waals surface area contributed by atoms with Crippen molar-refractivity contribution in [1.82, 2.24) is 9.97 Å². The summed E-state index contributed by atoms with van der Waals surface area (Å²) in [5.41, 5.74) is 0.994. The van der Waals surface area contributed by atoms with Crippen LogP contribution in [0.4, 0.5) is 20.2 Å². The number of carbonyl (C=O) groups is 3. The Morgan fingerprint density at radius 1 is 1.18 bits per heavy atom. The van der Waals surface area contributed by atoms with Crippen LogP contribution in [-0.4, -0.2) is 41.2 Å². The van der Waals surface area contributed by atoms with Crippen LogP contribution in [0, 0.1) is 11.8 Å². The van der Waals surface area contributed by atoms with Gasteiger partial charge < -0.3 is 15.0 Å². The molecule has 1 aliphatic heterocycles. The van der Waals surface area contributed by atoms with Crippen LogP contribution in [-0.2, 0) is 9.59 Å². The molecule has 4 rings (SSSR count). The molecule has 0 saturated heterocycles. The number of aromatic nitrogens is 2. The molecule has 2 aromatic heterocycles. The highest BCUT2D eigenvalue weighted by molar-refractivity contribution is 6.09. The van der Waals surface area contributed by atoms with Gasteiger partial charge in [0.2, 0.25) is 23.6 Å². The van der Waals surface area contributed by atoms with E-state index in [0.29, 0.717) is 11.3 Å². The van der Waals surface area contributed by atoms with Gasteiger partial charge in [-0.25, -0.2) is 4.39 Å². The van der Waals surface area contributed by atoms with Gasteiger partial charge in [0.15, 0.2) is 5.78 Å². The zero-order valence-electron chi connectivity index (χ0n) is 18.6. The van der Waals surface area contributed by atoms with Crippen molar-refractivity contribution in [2.24, 2.45) is 0 Å². The Hall–Kier alpha value is -4.21. The number of hydrogen-bond acceptors (Lipinski definition) is 6. The van der Waals surface area contributed by atoms with E-state index in [1.165, 1.54) is 20.1 Å². The molecule has 10 heteroatoms. The first kappa shape index (κ1) is 23.0. The van der Waals surface area contributed by atoms with Crippen LogP contribution in [0.25, 0.3) is 11.1 Å². The number of ketones is 1. The van der Waals surface area contributed by atoms with E-state index in [2.05, 4.69) is 15.3 Å². The summed E-state index contributed by atoms with van der Waals surface area (Å²) in [6.07, 6.45) is 0.949. The van der Waals surface area contributed by atoms with Gasteiger partial charge in [-0.2, -0.15) is 9.37 Å². The van der Waals surface area contributed by atoms with Gasteiger partial charge in [0.25, 0.3) is 0 Å². The van der Waals surface area contributed by atoms with Crippen LogP contribution in [0.2, 0.25) is 0 Å². The molecule has 1 N–H and O–H groups in total. The maximum Gasteiger partial charge on any atom is 0.244 e. The monoisotopic (exact) mass is 466 g/mol. The molecule has 3 heterocycles. The number of nitrogens with one attached hydrogen (secondary N) is 1. The number of nitrogens with zero attached hydrogens (tertiary/aromatic N) is 3. The summed E-state index contributed by atoms with van der Waals surface area (Å²) in [5.74, 6) is -3.93. The highest BCUT2D eigenvalue weighted by atomic mass is 19.1. The van der Waals surface area contributed by atoms with Gasteiger partial charge in [-0.05, 0) is 44.2 Å². The van der Waals surface area contributed by atoms with Gasteiger partial charge in [-0.1, -0.05) is 0 Å². The first-order chi connectivity index (χ1) is 16.2. The molecule has 8 nitrogen and oxygen atoms in total. The number of halogens is 2. The molecule has 1 unspecified atom stereocenters. The molecule has 2 amide bonds. The van der Waals surface area contributed by atoms with E-state index in [4.69, 9.17) is 4.74 Å². The number of fused-ring (bicyclic) bond motifs is 3. The van der Waals surface area contributed by atoms with Gasteiger partial charge in [0, 0.05) is 22.9 Å². The average molecular weight is 466 g/mol. The van der Waals surface area contributed by atoms with Gasteiger partial charge >= 0.3 is 0 Å². The van der Waals surface area contributed by atoms with Gasteiger partial charge in [-0.3, -0.25) is 19.4 Å². The Balaban J connectivity index is 1.74. The molecule has 0 fully saturated rings. The number of pyridine rings is 2. The molecular weight excluding hydrogens is 446 g/mol. The number of benzene rings is 1. The van der Waals surface area contributed by atoms with Crippen LogP contribution in [0.1, 0.15) is 35.8 Å². The van der Waals surface area contributed by atoms with E-state index in [-0.39, 0.29) is 34.2 Å². The van der Waals surface area contributed by atoms with E-state index in [0.717, 1.165) is 17.2 Å². The molecule has 0 aliphatic carbocycles. The molecule has 0 spiro atoms. The Morgan fingerprint density at radius 3 is 2.53 bits per heavy atom. The molecule has 3 aromatic rings. The number of anilines is 2. The number of methoxy groups -OCH3 is 1. The Labute approximate surface area is 193 Å². The molecule has 34 heavy (non-hydrogen) atoms. The maximum absolute atomic E-state index is 15.1. The van der Waals surface area contributed by atoms with Crippen LogP contribution < -0.4 is 15.0 Å². The van der Waals surface area contributed by atoms with Crippen molar-refractivity contribution in [2.45, 2.75) is 19.8 Å². The number of Topliss-reactive ketones (excluding diaryl/α,β-unsaturated/α-hetero) is 1. The summed E-state index contributed by atoms with van der Waals surface area (Å²) in [4.78, 5) is 46.5. The Morgan fingerprint density at radius 2 is 1.88 bits per heavy atom. The molecule has 1 aliphatic rings. The lowest BCUT2D eigenvalue weighted by Gasteiger charge is -2.24. The molecule has 174 valence electrons. The molecule has 0 saturated carbocycles. The van der Waals surface area contributed by atoms with Crippen molar-refractivity contribution in [1.29, 1.82) is 0 Å². The second-order valence-corrected chi connectivity index (χ2v) is 7.76. The third kappa shape index (κ3) is 4.21. The summed E-state index contributed by atoms with van der Waals surface area (Å²) in [6.45, 7) is 2.51. The lowest BCUT2D eigenvalue weighted by atomic mass is 9.98. The Kier molecular flexibility index (Phi) is 6.06. The first-order valence-electron chi connectivity index (χ1n) is 10.3. The predicted molar refractivity (Wildman–Crippen MR) is 120 cm³/mol. The van der Waals surface area contributed by atoms with Crippen LogP contribution in [0.5, 0.6) is 5.88 Å². The topological polar surface area (TPSA) is 101 Å². The summed E-state index contributed by atoms with van der Waals surface area (Å²) in [6, 6.07) is 8.65. The number of hydrogen-bond donors (Lipinski definition) is 1. The zero-order chi connectivity index (χ0) is 24.6. The van der Waals surface area contributed by atoms with Gasteiger partial charge in [0.1, 0.15) is 12.4 Å². The molecule has 1 aromatic carbocycles. The standard InChI is InChI=1S/C24H20F2N4O4/c1-12-22-17(8-15(25)10-27-22)21-18(9-20(34-3)29-23(21)26)30(24(12)33)11-19(32)28-16-6-4-14(5-7-16)13(2)31/h4-10,12H,11H2,1-3H3,(H,28,32). The average Bonchev–Trinajstić information content (AvgIpc) is 2.88. The second kappa shape index (κ2) is 8.97. The summed E-state index contributed by atoms with van der Waals surface area (Å²) < 4.78 is 34.2. The second-order valence-electron chi connectivity index (χ2n) is 7.76. The first-order valence-corrected chi connectivity index (χ1v) is 10.3. The van der Waals surface area contributed by atoms with Crippen LogP contribution in [0.15, 0.2) is 42.6 Å². The van der Waals surface area contributed by atoms with E-state index in [1.807, 2.05) is 0 Å². The largest absolute Gasteiger partial charge is 0.481 e. The number of rotatable bonds is 5. The van der Waals surface area contributed by atoms with Gasteiger partial charge in [-0.15, -0.1) is 0 Å². The fourth-order valence-corrected chi connectivity index (χ4v) is 3.81. The van der Waals surface area contributed by atoms with Crippen molar-refractivity contribution in [3.05, 3.63) is 65.6 Å². The van der Waals surface area contributed by atoms with Crippen LogP contribution >= 0.6 is 0 Å². The minimum absolute atomic E-state index is 0.00873. The zero-order valence-corrected chi connectivity index (χ0v) is 18.6. The van der Waals surface area contributed by atoms with Gasteiger partial charge in [0.05, 0.1) is 36.2 Å². The lowest BCUT2D eigenvalue weighted by molar-refractivity contribution is -0.122. The van der Waals surface area contributed by atoms with E-state index >= 15 is 4.39 Å². The minimum atomic E-state index is -0.991. The Bertz CT molecular complexity index is 1310. The predicted octanol–water partition coefficient (Wildman–Crippen LogP) is 3.72. The van der Waals surface area contributed by atoms with E-state index < -0.39 is 36.0 Å². The smallest absolute Gasteiger partial charge is 0.244 e. The van der Waals surface area contributed by atoms with Crippen molar-refractivity contribution in [3.63, 3.8) is 0 Å². The summed E-state index contributed by atoms with van der Waals surface area (Å²) in [5, 5.41) is 2.66. The number of carbonyl (C=O) groups excluding carboxylic acids is 3. The van der Waals surface area contributed by atoms with Crippen molar-refractivity contribution < 1.29 is 27.9 Å². The highest BCUT2D eigenvalue weighted by Crippen LogP contribution is 2.42. The quantitative estimate of drug-likeness (QED) is 0.454. The third-order valence-electron chi connectivity index (χ3n) is 5.51. The van der Waals surface area contributed by atoms with Crippen LogP contribution in [0.3, 0.4) is 0 Å². The number of ether oxygens (including phenoxy) is 1. The van der Waals surface area contributed by atoms with Crippen molar-refractivity contribution >= 4 is 29.0 Å². The molecule has 0 bridgehead atoms. The SMILES string of the molecule is COc1cc2c(c(F)n1)-c1cc(F)cnc1C(C)C(=O)N2CC(=O)Nc1ccc(C(C)=O)cc1. The lowest BCUT2D eigenvalue weighted by Crippen LogP contribution is -2.40. The third-order valence-corrected chi connectivity index (χ3v) is 5.51. The van der Waals surface area contributed by atoms with E-state index in [9.17, 15) is 18.8 Å². The van der Waals surface area contributed by atoms with Crippen molar-refractivity contribution in [2.75, 3.05) is 23.9 Å². The van der Waals surface area contributed by atoms with E-state index in [1.54, 1.807) is 31.2 Å². The highest BCUT2D eigenvalue weighted by Gasteiger charge is 2.36. The summed E-state index contributed by atoms with van der Waals surface area (Å²) >= 11 is 0. The fraction of sp³-hybridized carbons (Fsp3) is 0.208. The molecule has 0 radical (unpaired) electrons. The molecule has 1 atom stereocenters. The van der Waals surface area contributed by atoms with Crippen molar-refractivity contribution in [3.8, 4) is 17.0 Å². The number of amides is 2. The molecular formula is C24H20F2N4O4.